The van der Waals surface area contributed by atoms with Crippen LogP contribution < -0.4 is 5.32 Å². The SMILES string of the molecule is C[C@H]1[C@@H](CN2CC[C@@H](O)C2)OC(c2cccc(NC(=O)c3ccc4c(c3)C(=O)OC4=O)c2)O[C@H]1c1ccc(CO)cc1. The standard InChI is InChI=1S/C32H32N2O8/c1-18-27(16-34-12-11-24(36)15-34)40-32(41-28(18)20-7-5-19(17-35)6-8-20)22-3-2-4-23(13-22)33-29(37)21-9-10-25-26(14-21)31(39)42-30(25)38/h2-10,13-14,18,24,27-28,32,35-36H,11-12,15-17H2,1H3,(H,33,37)/t18-,24+,27+,28+,32?/m0/s1. The van der Waals surface area contributed by atoms with Gasteiger partial charge in [0.25, 0.3) is 5.91 Å². The molecule has 42 heavy (non-hydrogen) atoms. The second-order valence-corrected chi connectivity index (χ2v) is 11.0. The van der Waals surface area contributed by atoms with Gasteiger partial charge in [-0.3, -0.25) is 9.69 Å². The van der Waals surface area contributed by atoms with Gasteiger partial charge in [-0.25, -0.2) is 9.59 Å². The summed E-state index contributed by atoms with van der Waals surface area (Å²) >= 11 is 0. The van der Waals surface area contributed by atoms with Crippen molar-refractivity contribution < 1.29 is 38.8 Å². The van der Waals surface area contributed by atoms with Crippen molar-refractivity contribution in [3.63, 3.8) is 0 Å². The Hall–Kier alpha value is -3.93. The quantitative estimate of drug-likeness (QED) is 0.287. The Morgan fingerprint density at radius 1 is 0.976 bits per heavy atom. The number of β-amino-alcohol motifs (C(OH)–C–C–N with tert-alkyl or cyclic N) is 1. The van der Waals surface area contributed by atoms with Crippen molar-refractivity contribution in [3.8, 4) is 0 Å². The van der Waals surface area contributed by atoms with Crippen LogP contribution in [0.25, 0.3) is 0 Å². The molecule has 218 valence electrons. The summed E-state index contributed by atoms with van der Waals surface area (Å²) in [7, 11) is 0. The zero-order valence-corrected chi connectivity index (χ0v) is 23.1. The van der Waals surface area contributed by atoms with Crippen molar-refractivity contribution in [1.82, 2.24) is 4.90 Å². The number of carbonyl (C=O) groups excluding carboxylic acids is 3. The number of hydrogen-bond acceptors (Lipinski definition) is 9. The van der Waals surface area contributed by atoms with Crippen LogP contribution in [0.1, 0.15) is 73.5 Å². The molecule has 0 radical (unpaired) electrons. The van der Waals surface area contributed by atoms with Crippen molar-refractivity contribution in [2.24, 2.45) is 5.92 Å². The van der Waals surface area contributed by atoms with Crippen molar-refractivity contribution >= 4 is 23.5 Å². The molecular weight excluding hydrogens is 540 g/mol. The first kappa shape index (κ1) is 28.2. The number of amides is 1. The van der Waals surface area contributed by atoms with Crippen molar-refractivity contribution in [1.29, 1.82) is 0 Å². The summed E-state index contributed by atoms with van der Waals surface area (Å²) in [4.78, 5) is 38.9. The van der Waals surface area contributed by atoms with E-state index < -0.39 is 24.1 Å². The fourth-order valence-corrected chi connectivity index (χ4v) is 5.75. The van der Waals surface area contributed by atoms with Gasteiger partial charge in [-0.15, -0.1) is 0 Å². The van der Waals surface area contributed by atoms with Gasteiger partial charge >= 0.3 is 11.9 Å². The second-order valence-electron chi connectivity index (χ2n) is 11.0. The Kier molecular flexibility index (Phi) is 7.89. The minimum atomic E-state index is -0.772. The van der Waals surface area contributed by atoms with E-state index in [2.05, 4.69) is 21.9 Å². The predicted molar refractivity (Wildman–Crippen MR) is 151 cm³/mol. The molecule has 1 amide bonds. The van der Waals surface area contributed by atoms with Gasteiger partial charge in [-0.05, 0) is 47.9 Å². The van der Waals surface area contributed by atoms with Crippen LogP contribution in [0.5, 0.6) is 0 Å². The number of rotatable bonds is 7. The average Bonchev–Trinajstić information content (AvgIpc) is 3.54. The normalized spacial score (nSPS) is 25.7. The molecule has 5 atom stereocenters. The Labute approximate surface area is 242 Å². The van der Waals surface area contributed by atoms with E-state index in [0.29, 0.717) is 24.3 Å². The van der Waals surface area contributed by atoms with Gasteiger partial charge in [-0.2, -0.15) is 0 Å². The van der Waals surface area contributed by atoms with Gasteiger partial charge in [0.1, 0.15) is 0 Å². The number of benzene rings is 3. The molecule has 0 spiro atoms. The van der Waals surface area contributed by atoms with Gasteiger partial charge in [0.05, 0.1) is 36.0 Å². The van der Waals surface area contributed by atoms with Gasteiger partial charge in [0.15, 0.2) is 6.29 Å². The number of aliphatic hydroxyl groups is 2. The Morgan fingerprint density at radius 2 is 1.76 bits per heavy atom. The number of aliphatic hydroxyl groups excluding tert-OH is 2. The van der Waals surface area contributed by atoms with Gasteiger partial charge < -0.3 is 29.7 Å². The molecule has 10 heteroatoms. The first-order chi connectivity index (χ1) is 20.3. The molecule has 0 aromatic heterocycles. The summed E-state index contributed by atoms with van der Waals surface area (Å²) < 4.78 is 17.7. The van der Waals surface area contributed by atoms with Crippen LogP contribution in [-0.2, 0) is 20.8 Å². The molecule has 3 heterocycles. The lowest BCUT2D eigenvalue weighted by atomic mass is 9.90. The lowest BCUT2D eigenvalue weighted by Crippen LogP contribution is -2.44. The summed E-state index contributed by atoms with van der Waals surface area (Å²) in [6.07, 6.45) is -0.810. The lowest BCUT2D eigenvalue weighted by molar-refractivity contribution is -0.276. The van der Waals surface area contributed by atoms with Crippen LogP contribution >= 0.6 is 0 Å². The molecule has 0 aliphatic carbocycles. The number of nitrogens with one attached hydrogen (secondary N) is 1. The third-order valence-electron chi connectivity index (χ3n) is 8.13. The van der Waals surface area contributed by atoms with Crippen LogP contribution in [0.2, 0.25) is 0 Å². The van der Waals surface area contributed by atoms with Crippen molar-refractivity contribution in [2.45, 2.75) is 44.6 Å². The number of anilines is 1. The van der Waals surface area contributed by atoms with Crippen LogP contribution in [0, 0.1) is 5.92 Å². The zero-order valence-electron chi connectivity index (χ0n) is 23.1. The molecule has 1 unspecified atom stereocenters. The highest BCUT2D eigenvalue weighted by Crippen LogP contribution is 2.42. The van der Waals surface area contributed by atoms with Crippen molar-refractivity contribution in [3.05, 3.63) is 100 Å². The van der Waals surface area contributed by atoms with Crippen LogP contribution in [0.4, 0.5) is 5.69 Å². The van der Waals surface area contributed by atoms with Gasteiger partial charge in [0.2, 0.25) is 0 Å². The van der Waals surface area contributed by atoms with Crippen molar-refractivity contribution in [2.75, 3.05) is 25.0 Å². The predicted octanol–water partition coefficient (Wildman–Crippen LogP) is 3.60. The first-order valence-corrected chi connectivity index (χ1v) is 14.0. The number of cyclic esters (lactones) is 2. The molecule has 3 aromatic carbocycles. The van der Waals surface area contributed by atoms with E-state index in [4.69, 9.17) is 9.47 Å². The summed E-state index contributed by atoms with van der Waals surface area (Å²) in [5.74, 6) is -1.95. The van der Waals surface area contributed by atoms with E-state index in [-0.39, 0.29) is 47.5 Å². The second kappa shape index (κ2) is 11.7. The Morgan fingerprint density at radius 3 is 2.50 bits per heavy atom. The number of hydrogen-bond donors (Lipinski definition) is 3. The highest BCUT2D eigenvalue weighted by molar-refractivity contribution is 6.16. The summed E-state index contributed by atoms with van der Waals surface area (Å²) in [6.45, 7) is 4.09. The van der Waals surface area contributed by atoms with Gasteiger partial charge in [-0.1, -0.05) is 43.3 Å². The fraction of sp³-hybridized carbons (Fsp3) is 0.344. The minimum absolute atomic E-state index is 0.000218. The molecule has 3 aromatic rings. The summed E-state index contributed by atoms with van der Waals surface area (Å²) in [6, 6.07) is 19.1. The van der Waals surface area contributed by atoms with E-state index in [1.54, 1.807) is 18.2 Å². The van der Waals surface area contributed by atoms with E-state index in [1.165, 1.54) is 18.2 Å². The largest absolute Gasteiger partial charge is 0.392 e. The van der Waals surface area contributed by atoms with Crippen LogP contribution in [0.15, 0.2) is 66.7 Å². The third kappa shape index (κ3) is 5.72. The lowest BCUT2D eigenvalue weighted by Gasteiger charge is -2.42. The minimum Gasteiger partial charge on any atom is -0.392 e. The molecule has 2 saturated heterocycles. The summed E-state index contributed by atoms with van der Waals surface area (Å²) in [5, 5.41) is 22.4. The number of ether oxygens (including phenoxy) is 3. The van der Waals surface area contributed by atoms with E-state index in [9.17, 15) is 24.6 Å². The van der Waals surface area contributed by atoms with Crippen LogP contribution in [-0.4, -0.2) is 64.8 Å². The molecule has 2 fully saturated rings. The molecule has 6 rings (SSSR count). The van der Waals surface area contributed by atoms with E-state index in [0.717, 1.165) is 24.1 Å². The third-order valence-corrected chi connectivity index (χ3v) is 8.13. The molecule has 0 bridgehead atoms. The molecule has 10 nitrogen and oxygen atoms in total. The zero-order chi connectivity index (χ0) is 29.4. The van der Waals surface area contributed by atoms with Crippen LogP contribution in [0.3, 0.4) is 0 Å². The molecule has 3 aliphatic heterocycles. The monoisotopic (exact) mass is 572 g/mol. The van der Waals surface area contributed by atoms with E-state index in [1.807, 2.05) is 30.3 Å². The molecule has 0 saturated carbocycles. The number of carbonyl (C=O) groups is 3. The Bertz CT molecular complexity index is 1510. The maximum absolute atomic E-state index is 13.0. The first-order valence-electron chi connectivity index (χ1n) is 14.0. The average molecular weight is 573 g/mol. The summed E-state index contributed by atoms with van der Waals surface area (Å²) in [5.41, 5.74) is 3.42. The Balaban J connectivity index is 1.23. The maximum Gasteiger partial charge on any atom is 0.346 e. The smallest absolute Gasteiger partial charge is 0.346 e. The van der Waals surface area contributed by atoms with Gasteiger partial charge in [0, 0.05) is 42.4 Å². The number of likely N-dealkylation sites (tertiary alicyclic amines) is 1. The number of fused-ring (bicyclic) bond motifs is 1. The van der Waals surface area contributed by atoms with E-state index >= 15 is 0 Å². The number of esters is 2. The molecule has 3 N–H and O–H groups in total. The maximum atomic E-state index is 13.0. The highest BCUT2D eigenvalue weighted by atomic mass is 16.7. The molecule has 3 aliphatic rings. The highest BCUT2D eigenvalue weighted by Gasteiger charge is 2.40. The number of nitrogens with zero attached hydrogens (tertiary/aromatic N) is 1. The topological polar surface area (TPSA) is 135 Å². The fourth-order valence-electron chi connectivity index (χ4n) is 5.75. The molecular formula is C32H32N2O8.